The highest BCUT2D eigenvalue weighted by molar-refractivity contribution is 5.93. The maximum absolute atomic E-state index is 12.6. The number of anilines is 1. The predicted octanol–water partition coefficient (Wildman–Crippen LogP) is 5.82. The van der Waals surface area contributed by atoms with E-state index in [0.717, 1.165) is 16.7 Å². The number of nitrogens with zero attached hydrogens (tertiary/aromatic N) is 2. The SMILES string of the molecule is COC(=O)c1cc(-c2nc(-c3ccccc3)c(NC(=O)Oc3ccc(C)cc3)cc2C)ccn1. The number of benzene rings is 2. The second-order valence-electron chi connectivity index (χ2n) is 7.66. The van der Waals surface area contributed by atoms with Gasteiger partial charge in [0.2, 0.25) is 0 Å². The maximum Gasteiger partial charge on any atom is 0.417 e. The minimum Gasteiger partial charge on any atom is -0.464 e. The molecule has 4 aromatic rings. The molecule has 2 aromatic carbocycles. The molecule has 7 heteroatoms. The summed E-state index contributed by atoms with van der Waals surface area (Å²) < 4.78 is 10.2. The van der Waals surface area contributed by atoms with Crippen LogP contribution in [0.5, 0.6) is 5.75 Å². The van der Waals surface area contributed by atoms with Crippen molar-refractivity contribution in [1.29, 1.82) is 0 Å². The first-order valence-electron chi connectivity index (χ1n) is 10.6. The lowest BCUT2D eigenvalue weighted by Gasteiger charge is -2.15. The molecule has 34 heavy (non-hydrogen) atoms. The Morgan fingerprint density at radius 2 is 1.59 bits per heavy atom. The van der Waals surface area contributed by atoms with Crippen LogP contribution in [0, 0.1) is 13.8 Å². The normalized spacial score (nSPS) is 10.4. The third-order valence-corrected chi connectivity index (χ3v) is 5.16. The predicted molar refractivity (Wildman–Crippen MR) is 130 cm³/mol. The zero-order valence-electron chi connectivity index (χ0n) is 19.0. The van der Waals surface area contributed by atoms with Crippen LogP contribution in [0.4, 0.5) is 10.5 Å². The molecular weight excluding hydrogens is 430 g/mol. The lowest BCUT2D eigenvalue weighted by atomic mass is 10.0. The topological polar surface area (TPSA) is 90.4 Å². The summed E-state index contributed by atoms with van der Waals surface area (Å²) in [6.07, 6.45) is 0.919. The number of pyridine rings is 2. The molecule has 7 nitrogen and oxygen atoms in total. The number of aromatic nitrogens is 2. The standard InChI is InChI=1S/C27H23N3O4/c1-17-9-11-21(12-10-17)34-27(32)29-22-15-18(2)24(30-25(22)19-7-5-4-6-8-19)20-13-14-28-23(16-20)26(31)33-3/h4-16H,1-3H3,(H,29,32). The van der Waals surface area contributed by atoms with Crippen molar-refractivity contribution in [3.05, 3.63) is 95.8 Å². The fraction of sp³-hybridized carbons (Fsp3) is 0.111. The van der Waals surface area contributed by atoms with Crippen LogP contribution in [-0.2, 0) is 4.74 Å². The molecule has 2 heterocycles. The van der Waals surface area contributed by atoms with Crippen LogP contribution >= 0.6 is 0 Å². The Morgan fingerprint density at radius 3 is 2.29 bits per heavy atom. The molecule has 170 valence electrons. The van der Waals surface area contributed by atoms with E-state index in [1.807, 2.05) is 62.4 Å². The number of nitrogens with one attached hydrogen (secondary N) is 1. The monoisotopic (exact) mass is 453 g/mol. The zero-order chi connectivity index (χ0) is 24.1. The molecule has 0 aliphatic carbocycles. The van der Waals surface area contributed by atoms with Gasteiger partial charge in [-0.1, -0.05) is 48.0 Å². The van der Waals surface area contributed by atoms with Gasteiger partial charge in [-0.3, -0.25) is 5.32 Å². The average Bonchev–Trinajstić information content (AvgIpc) is 2.85. The van der Waals surface area contributed by atoms with E-state index in [1.54, 1.807) is 24.3 Å². The van der Waals surface area contributed by atoms with Crippen LogP contribution < -0.4 is 10.1 Å². The second-order valence-corrected chi connectivity index (χ2v) is 7.66. The van der Waals surface area contributed by atoms with Gasteiger partial charge in [0.05, 0.1) is 24.2 Å². The molecule has 1 N–H and O–H groups in total. The van der Waals surface area contributed by atoms with Crippen molar-refractivity contribution in [2.45, 2.75) is 13.8 Å². The number of carbonyl (C=O) groups is 2. The molecule has 0 bridgehead atoms. The summed E-state index contributed by atoms with van der Waals surface area (Å²) in [6.45, 7) is 3.84. The summed E-state index contributed by atoms with van der Waals surface area (Å²) in [5.74, 6) is -0.0855. The highest BCUT2D eigenvalue weighted by Gasteiger charge is 2.17. The second kappa shape index (κ2) is 9.95. The summed E-state index contributed by atoms with van der Waals surface area (Å²) in [4.78, 5) is 33.5. The first kappa shape index (κ1) is 22.7. The third kappa shape index (κ3) is 5.10. The van der Waals surface area contributed by atoms with E-state index in [4.69, 9.17) is 14.5 Å². The van der Waals surface area contributed by atoms with Gasteiger partial charge in [-0.25, -0.2) is 19.6 Å². The van der Waals surface area contributed by atoms with Crippen LogP contribution in [0.15, 0.2) is 79.0 Å². The lowest BCUT2D eigenvalue weighted by Crippen LogP contribution is -2.18. The van der Waals surface area contributed by atoms with E-state index in [1.165, 1.54) is 13.3 Å². The van der Waals surface area contributed by atoms with Crippen LogP contribution in [0.2, 0.25) is 0 Å². The summed E-state index contributed by atoms with van der Waals surface area (Å²) in [5.41, 5.74) is 5.31. The number of hydrogen-bond donors (Lipinski definition) is 1. The van der Waals surface area contributed by atoms with Gasteiger partial charge in [-0.2, -0.15) is 0 Å². The van der Waals surface area contributed by atoms with Gasteiger partial charge in [0, 0.05) is 17.3 Å². The fourth-order valence-corrected chi connectivity index (χ4v) is 3.46. The summed E-state index contributed by atoms with van der Waals surface area (Å²) in [5, 5.41) is 2.82. The largest absolute Gasteiger partial charge is 0.464 e. The molecule has 0 radical (unpaired) electrons. The highest BCUT2D eigenvalue weighted by atomic mass is 16.6. The average molecular weight is 453 g/mol. The number of esters is 1. The van der Waals surface area contributed by atoms with Gasteiger partial charge in [0.15, 0.2) is 0 Å². The van der Waals surface area contributed by atoms with Crippen molar-refractivity contribution in [1.82, 2.24) is 9.97 Å². The highest BCUT2D eigenvalue weighted by Crippen LogP contribution is 2.32. The summed E-state index contributed by atoms with van der Waals surface area (Å²) in [6, 6.07) is 22.0. The third-order valence-electron chi connectivity index (χ3n) is 5.16. The molecule has 0 aliphatic heterocycles. The molecule has 0 fully saturated rings. The van der Waals surface area contributed by atoms with Crippen LogP contribution in [0.1, 0.15) is 21.6 Å². The molecule has 2 aromatic heterocycles. The smallest absolute Gasteiger partial charge is 0.417 e. The van der Waals surface area contributed by atoms with Crippen molar-refractivity contribution in [3.8, 4) is 28.3 Å². The van der Waals surface area contributed by atoms with E-state index in [2.05, 4.69) is 10.3 Å². The maximum atomic E-state index is 12.6. The van der Waals surface area contributed by atoms with Gasteiger partial charge in [0.25, 0.3) is 0 Å². The Kier molecular flexibility index (Phi) is 6.64. The van der Waals surface area contributed by atoms with Gasteiger partial charge >= 0.3 is 12.1 Å². The minimum atomic E-state index is -0.619. The number of carbonyl (C=O) groups excluding carboxylic acids is 2. The Bertz CT molecular complexity index is 1340. The molecule has 0 saturated carbocycles. The van der Waals surface area contributed by atoms with Crippen molar-refractivity contribution in [2.75, 3.05) is 12.4 Å². The minimum absolute atomic E-state index is 0.186. The number of hydrogen-bond acceptors (Lipinski definition) is 6. The molecular formula is C27H23N3O4. The molecule has 4 rings (SSSR count). The summed E-state index contributed by atoms with van der Waals surface area (Å²) in [7, 11) is 1.31. The number of aryl methyl sites for hydroxylation is 2. The van der Waals surface area contributed by atoms with E-state index < -0.39 is 12.1 Å². The van der Waals surface area contributed by atoms with Gasteiger partial charge in [0.1, 0.15) is 11.4 Å². The Hall–Kier alpha value is -4.52. The molecule has 1 amide bonds. The summed E-state index contributed by atoms with van der Waals surface area (Å²) >= 11 is 0. The molecule has 0 spiro atoms. The van der Waals surface area contributed by atoms with Gasteiger partial charge in [-0.15, -0.1) is 0 Å². The number of amides is 1. The van der Waals surface area contributed by atoms with E-state index in [9.17, 15) is 9.59 Å². The van der Waals surface area contributed by atoms with Crippen molar-refractivity contribution in [2.24, 2.45) is 0 Å². The molecule has 0 atom stereocenters. The Labute approximate surface area is 197 Å². The number of ether oxygens (including phenoxy) is 2. The Balaban J connectivity index is 1.72. The van der Waals surface area contributed by atoms with Crippen molar-refractivity contribution in [3.63, 3.8) is 0 Å². The van der Waals surface area contributed by atoms with E-state index in [-0.39, 0.29) is 5.69 Å². The van der Waals surface area contributed by atoms with Crippen LogP contribution in [0.25, 0.3) is 22.5 Å². The first-order chi connectivity index (χ1) is 16.4. The number of methoxy groups -OCH3 is 1. The molecule has 0 saturated heterocycles. The van der Waals surface area contributed by atoms with E-state index in [0.29, 0.717) is 28.4 Å². The first-order valence-corrected chi connectivity index (χ1v) is 10.6. The Morgan fingerprint density at radius 1 is 0.853 bits per heavy atom. The molecule has 0 aliphatic rings. The van der Waals surface area contributed by atoms with Crippen molar-refractivity contribution >= 4 is 17.7 Å². The van der Waals surface area contributed by atoms with Crippen molar-refractivity contribution < 1.29 is 19.1 Å². The van der Waals surface area contributed by atoms with Gasteiger partial charge < -0.3 is 9.47 Å². The quantitative estimate of drug-likeness (QED) is 0.383. The van der Waals surface area contributed by atoms with Crippen LogP contribution in [-0.4, -0.2) is 29.1 Å². The molecule has 0 unspecified atom stereocenters. The number of rotatable bonds is 5. The fourth-order valence-electron chi connectivity index (χ4n) is 3.46. The zero-order valence-corrected chi connectivity index (χ0v) is 19.0. The van der Waals surface area contributed by atoms with Crippen LogP contribution in [0.3, 0.4) is 0 Å². The van der Waals surface area contributed by atoms with Gasteiger partial charge in [-0.05, 0) is 49.7 Å². The lowest BCUT2D eigenvalue weighted by molar-refractivity contribution is 0.0594. The van der Waals surface area contributed by atoms with E-state index >= 15 is 0 Å².